The van der Waals surface area contributed by atoms with Crippen LogP contribution in [0, 0.1) is 12.7 Å². The predicted octanol–water partition coefficient (Wildman–Crippen LogP) is 3.48. The van der Waals surface area contributed by atoms with Crippen LogP contribution in [0.3, 0.4) is 0 Å². The minimum absolute atomic E-state index is 0.202. The van der Waals surface area contributed by atoms with E-state index in [0.29, 0.717) is 40.4 Å². The van der Waals surface area contributed by atoms with Gasteiger partial charge in [0.1, 0.15) is 11.5 Å². The Morgan fingerprint density at radius 2 is 1.94 bits per heavy atom. The van der Waals surface area contributed by atoms with E-state index < -0.39 is 0 Å². The molecular formula is C24H24FN5O3. The van der Waals surface area contributed by atoms with Crippen molar-refractivity contribution in [2.24, 2.45) is 0 Å². The van der Waals surface area contributed by atoms with E-state index >= 15 is 0 Å². The van der Waals surface area contributed by atoms with Crippen molar-refractivity contribution < 1.29 is 18.1 Å². The Hall–Kier alpha value is -3.72. The van der Waals surface area contributed by atoms with Crippen LogP contribution < -0.4 is 10.2 Å². The molecule has 0 bridgehead atoms. The zero-order valence-corrected chi connectivity index (χ0v) is 18.3. The van der Waals surface area contributed by atoms with Crippen LogP contribution in [0.25, 0.3) is 22.6 Å². The third-order valence-corrected chi connectivity index (χ3v) is 5.91. The van der Waals surface area contributed by atoms with Gasteiger partial charge in [-0.15, -0.1) is 0 Å². The highest BCUT2D eigenvalue weighted by molar-refractivity contribution is 6.06. The minimum atomic E-state index is -0.225. The quantitative estimate of drug-likeness (QED) is 0.482. The van der Waals surface area contributed by atoms with Crippen LogP contribution in [0.1, 0.15) is 16.1 Å². The van der Waals surface area contributed by atoms with Crippen LogP contribution in [0.5, 0.6) is 0 Å². The Labute approximate surface area is 190 Å². The van der Waals surface area contributed by atoms with Gasteiger partial charge in [0.15, 0.2) is 5.76 Å². The molecule has 1 aliphatic rings. The Morgan fingerprint density at radius 1 is 1.15 bits per heavy atom. The van der Waals surface area contributed by atoms with Gasteiger partial charge in [0.25, 0.3) is 11.6 Å². The van der Waals surface area contributed by atoms with Gasteiger partial charge in [-0.2, -0.15) is 0 Å². The number of aromatic nitrogens is 2. The van der Waals surface area contributed by atoms with Crippen molar-refractivity contribution in [2.45, 2.75) is 6.92 Å². The number of piperazine rings is 1. The van der Waals surface area contributed by atoms with Gasteiger partial charge in [0, 0.05) is 45.0 Å². The number of hydrogen-bond acceptors (Lipinski definition) is 7. The van der Waals surface area contributed by atoms with Crippen molar-refractivity contribution >= 4 is 22.7 Å². The van der Waals surface area contributed by atoms with Gasteiger partial charge in [-0.25, -0.2) is 9.37 Å². The number of carbonyl (C=O) groups is 1. The first kappa shape index (κ1) is 21.1. The number of carbonyl (C=O) groups excluding carboxylic acids is 1. The summed E-state index contributed by atoms with van der Waals surface area (Å²) in [7, 11) is 0. The van der Waals surface area contributed by atoms with Crippen LogP contribution in [-0.2, 0) is 0 Å². The van der Waals surface area contributed by atoms with Gasteiger partial charge < -0.3 is 19.2 Å². The second-order valence-electron chi connectivity index (χ2n) is 8.04. The Morgan fingerprint density at radius 3 is 2.67 bits per heavy atom. The second-order valence-corrected chi connectivity index (χ2v) is 8.04. The molecule has 5 rings (SSSR count). The van der Waals surface area contributed by atoms with E-state index in [1.807, 2.05) is 12.1 Å². The third-order valence-electron chi connectivity index (χ3n) is 5.91. The summed E-state index contributed by atoms with van der Waals surface area (Å²) >= 11 is 0. The number of anilines is 1. The molecule has 0 atom stereocenters. The van der Waals surface area contributed by atoms with E-state index in [2.05, 4.69) is 25.3 Å². The Kier molecular flexibility index (Phi) is 5.78. The molecule has 170 valence electrons. The Bertz CT molecular complexity index is 1250. The highest BCUT2D eigenvalue weighted by Gasteiger charge is 2.21. The normalized spacial score (nSPS) is 14.7. The third kappa shape index (κ3) is 4.45. The van der Waals surface area contributed by atoms with Crippen LogP contribution in [-0.4, -0.2) is 60.2 Å². The largest absolute Gasteiger partial charge is 0.463 e. The number of amides is 1. The van der Waals surface area contributed by atoms with Crippen LogP contribution >= 0.6 is 0 Å². The van der Waals surface area contributed by atoms with E-state index in [1.165, 1.54) is 12.1 Å². The fourth-order valence-electron chi connectivity index (χ4n) is 4.13. The highest BCUT2D eigenvalue weighted by Crippen LogP contribution is 2.27. The maximum Gasteiger partial charge on any atom is 0.259 e. The molecule has 0 spiro atoms. The number of fused-ring (bicyclic) bond motifs is 1. The molecule has 0 aliphatic carbocycles. The number of hydrogen-bond donors (Lipinski definition) is 1. The van der Waals surface area contributed by atoms with Crippen LogP contribution in [0.15, 0.2) is 57.7 Å². The van der Waals surface area contributed by atoms with Gasteiger partial charge >= 0.3 is 0 Å². The van der Waals surface area contributed by atoms with E-state index in [1.54, 1.807) is 31.4 Å². The van der Waals surface area contributed by atoms with E-state index in [9.17, 15) is 9.18 Å². The molecule has 1 fully saturated rings. The number of pyridine rings is 1. The molecule has 9 heteroatoms. The van der Waals surface area contributed by atoms with Crippen molar-refractivity contribution in [3.05, 3.63) is 65.8 Å². The summed E-state index contributed by atoms with van der Waals surface area (Å²) in [4.78, 5) is 22.0. The van der Waals surface area contributed by atoms with Gasteiger partial charge in [-0.05, 0) is 49.4 Å². The molecule has 3 aromatic heterocycles. The first-order valence-electron chi connectivity index (χ1n) is 10.9. The van der Waals surface area contributed by atoms with E-state index in [4.69, 9.17) is 8.94 Å². The molecule has 4 aromatic rings. The summed E-state index contributed by atoms with van der Waals surface area (Å²) in [6, 6.07) is 11.9. The van der Waals surface area contributed by atoms with Crippen molar-refractivity contribution in [2.75, 3.05) is 44.2 Å². The molecule has 0 saturated carbocycles. The first-order chi connectivity index (χ1) is 16.1. The molecule has 33 heavy (non-hydrogen) atoms. The molecule has 1 N–H and O–H groups in total. The zero-order chi connectivity index (χ0) is 22.8. The summed E-state index contributed by atoms with van der Waals surface area (Å²) in [5.41, 5.74) is 2.94. The van der Waals surface area contributed by atoms with Crippen LogP contribution in [0.4, 0.5) is 10.1 Å². The topological polar surface area (TPSA) is 87.6 Å². The second kappa shape index (κ2) is 9.03. The molecule has 1 aliphatic heterocycles. The van der Waals surface area contributed by atoms with Crippen molar-refractivity contribution in [1.29, 1.82) is 0 Å². The van der Waals surface area contributed by atoms with Crippen molar-refractivity contribution in [1.82, 2.24) is 20.4 Å². The predicted molar refractivity (Wildman–Crippen MR) is 122 cm³/mol. The summed E-state index contributed by atoms with van der Waals surface area (Å²) in [5.74, 6) is 0.128. The summed E-state index contributed by atoms with van der Waals surface area (Å²) < 4.78 is 23.9. The van der Waals surface area contributed by atoms with Gasteiger partial charge in [-0.1, -0.05) is 5.16 Å². The lowest BCUT2D eigenvalue weighted by atomic mass is 10.1. The molecule has 1 aromatic carbocycles. The zero-order valence-electron chi connectivity index (χ0n) is 18.3. The SMILES string of the molecule is Cc1noc2nc(-c3ccco3)cc(C(=O)NCCN3CCN(c4ccc(F)cc4)CC3)c12. The van der Waals surface area contributed by atoms with Crippen molar-refractivity contribution in [3.63, 3.8) is 0 Å². The summed E-state index contributed by atoms with van der Waals surface area (Å²) in [6.07, 6.45) is 1.56. The monoisotopic (exact) mass is 449 g/mol. The smallest absolute Gasteiger partial charge is 0.259 e. The summed E-state index contributed by atoms with van der Waals surface area (Å²) in [6.45, 7) is 6.51. The number of furan rings is 1. The fraction of sp³-hybridized carbons (Fsp3) is 0.292. The number of rotatable bonds is 6. The van der Waals surface area contributed by atoms with E-state index in [-0.39, 0.29) is 11.7 Å². The lowest BCUT2D eigenvalue weighted by Crippen LogP contribution is -2.48. The van der Waals surface area contributed by atoms with Gasteiger partial charge in [0.2, 0.25) is 0 Å². The maximum atomic E-state index is 13.1. The maximum absolute atomic E-state index is 13.1. The van der Waals surface area contributed by atoms with Gasteiger partial charge in [-0.3, -0.25) is 9.69 Å². The molecule has 1 amide bonds. The first-order valence-corrected chi connectivity index (χ1v) is 10.9. The molecular weight excluding hydrogens is 425 g/mol. The van der Waals surface area contributed by atoms with Gasteiger partial charge in [0.05, 0.1) is 22.9 Å². The molecule has 1 saturated heterocycles. The average Bonchev–Trinajstić information content (AvgIpc) is 3.50. The molecule has 0 radical (unpaired) electrons. The minimum Gasteiger partial charge on any atom is -0.463 e. The highest BCUT2D eigenvalue weighted by atomic mass is 19.1. The number of halogens is 1. The van der Waals surface area contributed by atoms with Crippen LogP contribution in [0.2, 0.25) is 0 Å². The van der Waals surface area contributed by atoms with Crippen molar-refractivity contribution in [3.8, 4) is 11.5 Å². The number of benzene rings is 1. The number of nitrogens with one attached hydrogen (secondary N) is 1. The Balaban J connectivity index is 1.20. The molecule has 8 nitrogen and oxygen atoms in total. The van der Waals surface area contributed by atoms with E-state index in [0.717, 1.165) is 38.4 Å². The molecule has 4 heterocycles. The average molecular weight is 449 g/mol. The lowest BCUT2D eigenvalue weighted by Gasteiger charge is -2.36. The summed E-state index contributed by atoms with van der Waals surface area (Å²) in [5, 5.41) is 7.59. The number of aryl methyl sites for hydroxylation is 1. The molecule has 0 unspecified atom stereocenters. The standard InChI is InChI=1S/C24H24FN5O3/c1-16-22-19(15-20(21-3-2-14-32-21)27-24(22)33-28-16)23(31)26-8-9-29-10-12-30(13-11-29)18-6-4-17(25)5-7-18/h2-7,14-15H,8-13H2,1H3,(H,26,31). The fourth-order valence-corrected chi connectivity index (χ4v) is 4.13. The lowest BCUT2D eigenvalue weighted by molar-refractivity contribution is 0.0949. The number of nitrogens with zero attached hydrogens (tertiary/aromatic N) is 4.